The van der Waals surface area contributed by atoms with Crippen molar-refractivity contribution >= 4 is 33.9 Å². The second-order valence-corrected chi connectivity index (χ2v) is 9.38. The molecule has 2 aromatic carbocycles. The van der Waals surface area contributed by atoms with E-state index in [9.17, 15) is 14.4 Å². The molecule has 7 nitrogen and oxygen atoms in total. The second kappa shape index (κ2) is 15.2. The van der Waals surface area contributed by atoms with E-state index in [1.807, 2.05) is 0 Å². The van der Waals surface area contributed by atoms with Gasteiger partial charge in [-0.2, -0.15) is 0 Å². The van der Waals surface area contributed by atoms with Crippen LogP contribution < -0.4 is 10.2 Å². The molecule has 1 heterocycles. The molecule has 0 aliphatic rings. The first-order valence-corrected chi connectivity index (χ1v) is 14.0. The van der Waals surface area contributed by atoms with Gasteiger partial charge < -0.3 is 18.6 Å². The molecule has 0 atom stereocenters. The fourth-order valence-electron chi connectivity index (χ4n) is 4.60. The molecule has 0 amide bonds. The van der Waals surface area contributed by atoms with Crippen molar-refractivity contribution in [3.63, 3.8) is 0 Å². The van der Waals surface area contributed by atoms with Crippen molar-refractivity contribution in [2.24, 2.45) is 0 Å². The Morgan fingerprint density at radius 1 is 0.789 bits per heavy atom. The number of fused-ring (bicyclic) bond motifs is 2. The van der Waals surface area contributed by atoms with Crippen LogP contribution in [0, 0.1) is 0 Å². The molecule has 1 aromatic heterocycles. The van der Waals surface area contributed by atoms with Crippen molar-refractivity contribution in [3.8, 4) is 5.75 Å². The molecule has 0 fully saturated rings. The molecule has 0 bridgehead atoms. The van der Waals surface area contributed by atoms with Gasteiger partial charge in [0.2, 0.25) is 5.43 Å². The molecule has 0 N–H and O–H groups in total. The van der Waals surface area contributed by atoms with Crippen LogP contribution in [0.4, 0.5) is 0 Å². The summed E-state index contributed by atoms with van der Waals surface area (Å²) in [7, 11) is 0. The van der Waals surface area contributed by atoms with Crippen molar-refractivity contribution in [1.29, 1.82) is 0 Å². The Balaban J connectivity index is 1.90. The molecule has 0 unspecified atom stereocenters. The summed E-state index contributed by atoms with van der Waals surface area (Å²) in [5, 5.41) is 0.670. The molecule has 3 rings (SSSR count). The van der Waals surface area contributed by atoms with E-state index < -0.39 is 5.97 Å². The summed E-state index contributed by atoms with van der Waals surface area (Å²) in [5.74, 6) is -0.328. The van der Waals surface area contributed by atoms with Crippen LogP contribution in [-0.4, -0.2) is 31.8 Å². The number of carbonyl (C=O) groups is 2. The first kappa shape index (κ1) is 29.2. The normalized spacial score (nSPS) is 11.1. The summed E-state index contributed by atoms with van der Waals surface area (Å²) in [4.78, 5) is 38.2. The minimum atomic E-state index is -0.559. The lowest BCUT2D eigenvalue weighted by molar-refractivity contribution is -0.143. The fraction of sp³-hybridized carbons (Fsp3) is 0.516. The van der Waals surface area contributed by atoms with E-state index in [1.165, 1.54) is 38.5 Å². The summed E-state index contributed by atoms with van der Waals surface area (Å²) in [6.45, 7) is 6.72. The van der Waals surface area contributed by atoms with Gasteiger partial charge in [-0.25, -0.2) is 4.79 Å². The van der Waals surface area contributed by atoms with E-state index in [1.54, 1.807) is 44.2 Å². The number of carbonyl (C=O) groups excluding carboxylic acids is 2. The SMILES string of the molecule is CCCCCCCCCCOc1ccc2c(=O)c3cccc(C(=O)OCC)c3oc2c1CCC(=O)OCC. The zero-order valence-electron chi connectivity index (χ0n) is 22.9. The summed E-state index contributed by atoms with van der Waals surface area (Å²) < 4.78 is 22.7. The predicted octanol–water partition coefficient (Wildman–Crippen LogP) is 7.14. The predicted molar refractivity (Wildman–Crippen MR) is 149 cm³/mol. The molecular weight excluding hydrogens is 484 g/mol. The Morgan fingerprint density at radius 2 is 1.47 bits per heavy atom. The molecule has 206 valence electrons. The van der Waals surface area contributed by atoms with Gasteiger partial charge in [0.05, 0.1) is 30.6 Å². The third-order valence-electron chi connectivity index (χ3n) is 6.56. The van der Waals surface area contributed by atoms with Crippen molar-refractivity contribution in [1.82, 2.24) is 0 Å². The first-order valence-electron chi connectivity index (χ1n) is 14.0. The van der Waals surface area contributed by atoms with Gasteiger partial charge in [-0.15, -0.1) is 0 Å². The average Bonchev–Trinajstić information content (AvgIpc) is 2.91. The van der Waals surface area contributed by atoms with Crippen molar-refractivity contribution in [3.05, 3.63) is 51.7 Å². The average molecular weight is 525 g/mol. The van der Waals surface area contributed by atoms with Gasteiger partial charge in [0, 0.05) is 12.0 Å². The van der Waals surface area contributed by atoms with Crippen LogP contribution in [0.1, 0.15) is 94.5 Å². The van der Waals surface area contributed by atoms with E-state index >= 15 is 0 Å². The lowest BCUT2D eigenvalue weighted by Crippen LogP contribution is -2.11. The number of hydrogen-bond acceptors (Lipinski definition) is 7. The topological polar surface area (TPSA) is 92.0 Å². The highest BCUT2D eigenvalue weighted by Gasteiger charge is 2.21. The number of aryl methyl sites for hydroxylation is 1. The monoisotopic (exact) mass is 524 g/mol. The van der Waals surface area contributed by atoms with E-state index in [2.05, 4.69) is 6.92 Å². The molecular formula is C31H40O7. The lowest BCUT2D eigenvalue weighted by atomic mass is 10.0. The Kier molecular flexibility index (Phi) is 11.7. The Morgan fingerprint density at radius 3 is 2.18 bits per heavy atom. The summed E-state index contributed by atoms with van der Waals surface area (Å²) >= 11 is 0. The minimum Gasteiger partial charge on any atom is -0.493 e. The number of esters is 2. The van der Waals surface area contributed by atoms with Crippen LogP contribution in [0.25, 0.3) is 21.9 Å². The molecule has 3 aromatic rings. The van der Waals surface area contributed by atoms with E-state index in [0.717, 1.165) is 12.8 Å². The van der Waals surface area contributed by atoms with Crippen LogP contribution in [-0.2, 0) is 20.7 Å². The largest absolute Gasteiger partial charge is 0.493 e. The third-order valence-corrected chi connectivity index (χ3v) is 6.56. The van der Waals surface area contributed by atoms with Crippen molar-refractivity contribution < 1.29 is 28.2 Å². The summed E-state index contributed by atoms with van der Waals surface area (Å²) in [6.07, 6.45) is 9.92. The molecule has 0 saturated heterocycles. The molecule has 0 spiro atoms. The highest BCUT2D eigenvalue weighted by atomic mass is 16.5. The summed E-state index contributed by atoms with van der Waals surface area (Å²) in [6, 6.07) is 8.31. The smallest absolute Gasteiger partial charge is 0.341 e. The minimum absolute atomic E-state index is 0.113. The zero-order chi connectivity index (χ0) is 27.3. The number of ether oxygens (including phenoxy) is 3. The van der Waals surface area contributed by atoms with Crippen LogP contribution >= 0.6 is 0 Å². The van der Waals surface area contributed by atoms with Gasteiger partial charge in [0.25, 0.3) is 0 Å². The van der Waals surface area contributed by atoms with E-state index in [4.69, 9.17) is 18.6 Å². The Hall–Kier alpha value is -3.35. The van der Waals surface area contributed by atoms with Gasteiger partial charge >= 0.3 is 11.9 Å². The maximum atomic E-state index is 13.4. The van der Waals surface area contributed by atoms with Crippen LogP contribution in [0.3, 0.4) is 0 Å². The van der Waals surface area contributed by atoms with Gasteiger partial charge in [-0.05, 0) is 51.0 Å². The maximum Gasteiger partial charge on any atom is 0.341 e. The molecule has 0 aliphatic heterocycles. The Labute approximate surface area is 224 Å². The number of benzene rings is 2. The van der Waals surface area contributed by atoms with Gasteiger partial charge in [0.15, 0.2) is 5.58 Å². The standard InChI is InChI=1S/C31H40O7/c1-4-7-8-9-10-11-12-13-21-37-26-19-17-24-28(33)23-15-14-16-25(31(34)36-6-3)30(23)38-29(24)22(26)18-20-27(32)35-5-2/h14-17,19H,4-13,18,20-21H2,1-3H3. The first-order chi connectivity index (χ1) is 18.5. The maximum absolute atomic E-state index is 13.4. The molecule has 0 radical (unpaired) electrons. The number of hydrogen-bond donors (Lipinski definition) is 0. The highest BCUT2D eigenvalue weighted by Crippen LogP contribution is 2.32. The molecule has 0 saturated carbocycles. The summed E-state index contributed by atoms with van der Waals surface area (Å²) in [5.41, 5.74) is 1.04. The number of unbranched alkanes of at least 4 members (excludes halogenated alkanes) is 7. The fourth-order valence-corrected chi connectivity index (χ4v) is 4.60. The van der Waals surface area contributed by atoms with Crippen molar-refractivity contribution in [2.75, 3.05) is 19.8 Å². The number of rotatable bonds is 16. The third kappa shape index (κ3) is 7.59. The molecule has 0 aliphatic carbocycles. The zero-order valence-corrected chi connectivity index (χ0v) is 22.9. The molecule has 7 heteroatoms. The van der Waals surface area contributed by atoms with Crippen molar-refractivity contribution in [2.45, 2.75) is 85.0 Å². The lowest BCUT2D eigenvalue weighted by Gasteiger charge is -2.15. The number of para-hydroxylation sites is 1. The van der Waals surface area contributed by atoms with Crippen LogP contribution in [0.5, 0.6) is 5.75 Å². The Bertz CT molecular complexity index is 1270. The van der Waals surface area contributed by atoms with E-state index in [-0.39, 0.29) is 42.0 Å². The van der Waals surface area contributed by atoms with Gasteiger partial charge in [-0.1, -0.05) is 57.9 Å². The second-order valence-electron chi connectivity index (χ2n) is 9.38. The quantitative estimate of drug-likeness (QED) is 0.112. The van der Waals surface area contributed by atoms with Gasteiger partial charge in [-0.3, -0.25) is 9.59 Å². The van der Waals surface area contributed by atoms with Crippen LogP contribution in [0.2, 0.25) is 0 Å². The molecule has 38 heavy (non-hydrogen) atoms. The highest BCUT2D eigenvalue weighted by molar-refractivity contribution is 6.04. The van der Waals surface area contributed by atoms with Gasteiger partial charge in [0.1, 0.15) is 16.9 Å². The van der Waals surface area contributed by atoms with E-state index in [0.29, 0.717) is 40.9 Å². The van der Waals surface area contributed by atoms with Crippen LogP contribution in [0.15, 0.2) is 39.5 Å².